The van der Waals surface area contributed by atoms with Gasteiger partial charge in [0.05, 0.1) is 17.1 Å². The molecule has 0 unspecified atom stereocenters. The van der Waals surface area contributed by atoms with Gasteiger partial charge in [0, 0.05) is 6.54 Å². The summed E-state index contributed by atoms with van der Waals surface area (Å²) >= 11 is 0. The molecule has 0 spiro atoms. The summed E-state index contributed by atoms with van der Waals surface area (Å²) in [5.41, 5.74) is 1.59. The fraction of sp³-hybridized carbons (Fsp3) is 0.316. The topological polar surface area (TPSA) is 72.5 Å². The molecule has 1 N–H and O–H groups in total. The Kier molecular flexibility index (Phi) is 7.16. The van der Waals surface area contributed by atoms with Crippen molar-refractivity contribution in [3.63, 3.8) is 0 Å². The Morgan fingerprint density at radius 1 is 1.00 bits per heavy atom. The van der Waals surface area contributed by atoms with Crippen LogP contribution in [0, 0.1) is 0 Å². The number of carbonyl (C=O) groups is 1. The van der Waals surface area contributed by atoms with Crippen molar-refractivity contribution in [3.05, 3.63) is 65.7 Å². The first-order chi connectivity index (χ1) is 12.0. The van der Waals surface area contributed by atoms with E-state index in [0.717, 1.165) is 19.3 Å². The number of sulfonamides is 1. The maximum Gasteiger partial charge on any atom is 0.338 e. The molecule has 0 amide bonds. The number of benzene rings is 2. The Balaban J connectivity index is 1.81. The Bertz CT molecular complexity index is 771. The van der Waals surface area contributed by atoms with Crippen molar-refractivity contribution in [2.45, 2.75) is 31.1 Å². The second-order valence-corrected chi connectivity index (χ2v) is 7.35. The van der Waals surface area contributed by atoms with Crippen LogP contribution in [-0.2, 0) is 21.2 Å². The molecule has 0 aliphatic rings. The highest BCUT2D eigenvalue weighted by Gasteiger charge is 2.14. The summed E-state index contributed by atoms with van der Waals surface area (Å²) in [4.78, 5) is 11.7. The lowest BCUT2D eigenvalue weighted by Gasteiger charge is -2.08. The van der Waals surface area contributed by atoms with Gasteiger partial charge in [0.2, 0.25) is 10.0 Å². The van der Waals surface area contributed by atoms with E-state index in [1.807, 2.05) is 18.2 Å². The summed E-state index contributed by atoms with van der Waals surface area (Å²) in [6, 6.07) is 15.9. The SMILES string of the molecule is CCOC(=O)c1ccc(S(=O)(=O)NCCCCc2ccccc2)cc1. The predicted molar refractivity (Wildman–Crippen MR) is 97.0 cm³/mol. The molecule has 0 aliphatic heterocycles. The van der Waals surface area contributed by atoms with Gasteiger partial charge in [0.25, 0.3) is 0 Å². The van der Waals surface area contributed by atoms with Crippen LogP contribution in [0.25, 0.3) is 0 Å². The fourth-order valence-corrected chi connectivity index (χ4v) is 3.45. The largest absolute Gasteiger partial charge is 0.462 e. The molecule has 0 saturated heterocycles. The third-order valence-corrected chi connectivity index (χ3v) is 5.18. The van der Waals surface area contributed by atoms with Crippen LogP contribution in [0.2, 0.25) is 0 Å². The minimum atomic E-state index is -3.56. The molecule has 0 aliphatic carbocycles. The molecule has 25 heavy (non-hydrogen) atoms. The summed E-state index contributed by atoms with van der Waals surface area (Å²) in [5.74, 6) is -0.458. The molecule has 134 valence electrons. The molecule has 0 fully saturated rings. The van der Waals surface area contributed by atoms with E-state index >= 15 is 0 Å². The Labute approximate surface area is 149 Å². The predicted octanol–water partition coefficient (Wildman–Crippen LogP) is 3.16. The number of unbranched alkanes of at least 4 members (excludes halogenated alkanes) is 1. The maximum absolute atomic E-state index is 12.2. The molecule has 6 heteroatoms. The Hall–Kier alpha value is -2.18. The minimum Gasteiger partial charge on any atom is -0.462 e. The van der Waals surface area contributed by atoms with Crippen LogP contribution in [0.5, 0.6) is 0 Å². The van der Waals surface area contributed by atoms with Gasteiger partial charge in [-0.3, -0.25) is 0 Å². The zero-order chi connectivity index (χ0) is 18.1. The molecule has 0 aromatic heterocycles. The molecule has 0 bridgehead atoms. The average molecular weight is 361 g/mol. The number of nitrogens with one attached hydrogen (secondary N) is 1. The van der Waals surface area contributed by atoms with Crippen molar-refractivity contribution < 1.29 is 17.9 Å². The smallest absolute Gasteiger partial charge is 0.338 e. The maximum atomic E-state index is 12.2. The van der Waals surface area contributed by atoms with Gasteiger partial charge in [-0.1, -0.05) is 30.3 Å². The number of carbonyl (C=O) groups excluding carboxylic acids is 1. The first kappa shape index (κ1) is 19.1. The molecule has 0 atom stereocenters. The summed E-state index contributed by atoms with van der Waals surface area (Å²) in [7, 11) is -3.56. The third kappa shape index (κ3) is 5.99. The van der Waals surface area contributed by atoms with Gasteiger partial charge >= 0.3 is 5.97 Å². The zero-order valence-corrected chi connectivity index (χ0v) is 15.1. The van der Waals surface area contributed by atoms with Gasteiger partial charge in [-0.05, 0) is 56.0 Å². The lowest BCUT2D eigenvalue weighted by Crippen LogP contribution is -2.25. The average Bonchev–Trinajstić information content (AvgIpc) is 2.62. The molecular formula is C19H23NO4S. The van der Waals surface area contributed by atoms with Crippen LogP contribution in [0.3, 0.4) is 0 Å². The molecule has 2 aromatic rings. The van der Waals surface area contributed by atoms with E-state index in [0.29, 0.717) is 12.1 Å². The molecule has 2 aromatic carbocycles. The molecule has 2 rings (SSSR count). The molecule has 5 nitrogen and oxygen atoms in total. The van der Waals surface area contributed by atoms with Crippen molar-refractivity contribution >= 4 is 16.0 Å². The van der Waals surface area contributed by atoms with Crippen LogP contribution in [0.1, 0.15) is 35.7 Å². The summed E-state index contributed by atoms with van der Waals surface area (Å²) in [6.07, 6.45) is 2.60. The van der Waals surface area contributed by atoms with Crippen LogP contribution in [0.4, 0.5) is 0 Å². The summed E-state index contributed by atoms with van der Waals surface area (Å²) in [5, 5.41) is 0. The van der Waals surface area contributed by atoms with Gasteiger partial charge in [-0.25, -0.2) is 17.9 Å². The molecule has 0 saturated carbocycles. The van der Waals surface area contributed by atoms with Crippen LogP contribution in [-0.4, -0.2) is 27.5 Å². The van der Waals surface area contributed by atoms with E-state index < -0.39 is 16.0 Å². The molecule has 0 radical (unpaired) electrons. The third-order valence-electron chi connectivity index (χ3n) is 3.70. The number of hydrogen-bond donors (Lipinski definition) is 1. The van der Waals surface area contributed by atoms with E-state index in [1.165, 1.54) is 29.8 Å². The molecular weight excluding hydrogens is 338 g/mol. The van der Waals surface area contributed by atoms with Gasteiger partial charge in [0.15, 0.2) is 0 Å². The van der Waals surface area contributed by atoms with Crippen molar-refractivity contribution in [1.82, 2.24) is 4.72 Å². The van der Waals surface area contributed by atoms with Gasteiger partial charge in [-0.2, -0.15) is 0 Å². The standard InChI is InChI=1S/C19H23NO4S/c1-2-24-19(21)17-11-13-18(14-12-17)25(22,23)20-15-7-6-10-16-8-4-3-5-9-16/h3-5,8-9,11-14,20H,2,6-7,10,15H2,1H3. The highest BCUT2D eigenvalue weighted by molar-refractivity contribution is 7.89. The molecule has 0 heterocycles. The van der Waals surface area contributed by atoms with Gasteiger partial charge in [0.1, 0.15) is 0 Å². The number of rotatable bonds is 9. The highest BCUT2D eigenvalue weighted by Crippen LogP contribution is 2.12. The Morgan fingerprint density at radius 3 is 2.32 bits per heavy atom. The quantitative estimate of drug-likeness (QED) is 0.550. The second-order valence-electron chi connectivity index (χ2n) is 5.59. The normalized spacial score (nSPS) is 11.2. The first-order valence-corrected chi connectivity index (χ1v) is 9.82. The van der Waals surface area contributed by atoms with Crippen molar-refractivity contribution in [3.8, 4) is 0 Å². The van der Waals surface area contributed by atoms with E-state index in [1.54, 1.807) is 6.92 Å². The number of aryl methyl sites for hydroxylation is 1. The van der Waals surface area contributed by atoms with Crippen molar-refractivity contribution in [2.75, 3.05) is 13.2 Å². The second kappa shape index (κ2) is 9.34. The van der Waals surface area contributed by atoms with Gasteiger partial charge in [-0.15, -0.1) is 0 Å². The van der Waals surface area contributed by atoms with E-state index in [4.69, 9.17) is 4.74 Å². The van der Waals surface area contributed by atoms with Gasteiger partial charge < -0.3 is 4.74 Å². The van der Waals surface area contributed by atoms with Crippen LogP contribution >= 0.6 is 0 Å². The monoisotopic (exact) mass is 361 g/mol. The van der Waals surface area contributed by atoms with E-state index in [-0.39, 0.29) is 11.5 Å². The van der Waals surface area contributed by atoms with Crippen molar-refractivity contribution in [1.29, 1.82) is 0 Å². The lowest BCUT2D eigenvalue weighted by molar-refractivity contribution is 0.0526. The van der Waals surface area contributed by atoms with Crippen LogP contribution in [0.15, 0.2) is 59.5 Å². The lowest BCUT2D eigenvalue weighted by atomic mass is 10.1. The number of hydrogen-bond acceptors (Lipinski definition) is 4. The number of ether oxygens (including phenoxy) is 1. The highest BCUT2D eigenvalue weighted by atomic mass is 32.2. The first-order valence-electron chi connectivity index (χ1n) is 8.33. The zero-order valence-electron chi connectivity index (χ0n) is 14.3. The minimum absolute atomic E-state index is 0.142. The summed E-state index contributed by atoms with van der Waals surface area (Å²) in [6.45, 7) is 2.39. The fourth-order valence-electron chi connectivity index (χ4n) is 2.37. The van der Waals surface area contributed by atoms with E-state index in [9.17, 15) is 13.2 Å². The van der Waals surface area contributed by atoms with Crippen LogP contribution < -0.4 is 4.72 Å². The Morgan fingerprint density at radius 2 is 1.68 bits per heavy atom. The summed E-state index contributed by atoms with van der Waals surface area (Å²) < 4.78 is 32.0. The van der Waals surface area contributed by atoms with Crippen molar-refractivity contribution in [2.24, 2.45) is 0 Å². The van der Waals surface area contributed by atoms with E-state index in [2.05, 4.69) is 16.9 Å². The number of esters is 1.